The molecule has 2 amide bonds. The summed E-state index contributed by atoms with van der Waals surface area (Å²) >= 11 is 1.46. The van der Waals surface area contributed by atoms with Crippen molar-refractivity contribution < 1.29 is 14.3 Å². The van der Waals surface area contributed by atoms with E-state index in [4.69, 9.17) is 4.42 Å². The fourth-order valence-electron chi connectivity index (χ4n) is 2.45. The third-order valence-corrected chi connectivity index (χ3v) is 4.90. The summed E-state index contributed by atoms with van der Waals surface area (Å²) in [5.41, 5.74) is -0.214. The summed E-state index contributed by atoms with van der Waals surface area (Å²) in [6.45, 7) is 2.31. The van der Waals surface area contributed by atoms with E-state index < -0.39 is 5.60 Å². The number of thiophene rings is 1. The molecule has 5 nitrogen and oxygen atoms in total. The lowest BCUT2D eigenvalue weighted by molar-refractivity contribution is 0.0631. The zero-order chi connectivity index (χ0) is 17.0. The van der Waals surface area contributed by atoms with Crippen LogP contribution in [0.1, 0.15) is 17.6 Å². The molecule has 3 aromatic rings. The van der Waals surface area contributed by atoms with Gasteiger partial charge in [-0.15, -0.1) is 11.3 Å². The SMILES string of the molecule is CC(O)(CNC(=O)NCCc1cc2ccccc2o1)c1cccs1. The Balaban J connectivity index is 1.44. The molecule has 1 aromatic carbocycles. The molecule has 6 heteroatoms. The van der Waals surface area contributed by atoms with E-state index in [0.717, 1.165) is 21.6 Å². The van der Waals surface area contributed by atoms with Gasteiger partial charge in [-0.1, -0.05) is 24.3 Å². The van der Waals surface area contributed by atoms with Gasteiger partial charge >= 0.3 is 6.03 Å². The molecule has 0 spiro atoms. The van der Waals surface area contributed by atoms with E-state index in [9.17, 15) is 9.90 Å². The van der Waals surface area contributed by atoms with Gasteiger partial charge in [-0.2, -0.15) is 0 Å². The number of benzene rings is 1. The normalized spacial score (nSPS) is 13.6. The Bertz CT molecular complexity index is 776. The number of fused-ring (bicyclic) bond motifs is 1. The van der Waals surface area contributed by atoms with Gasteiger partial charge in [0.15, 0.2) is 0 Å². The van der Waals surface area contributed by atoms with Gasteiger partial charge in [0.25, 0.3) is 0 Å². The van der Waals surface area contributed by atoms with Crippen LogP contribution >= 0.6 is 11.3 Å². The Hall–Kier alpha value is -2.31. The molecular formula is C18H20N2O3S. The number of carbonyl (C=O) groups is 1. The Labute approximate surface area is 144 Å². The lowest BCUT2D eigenvalue weighted by Gasteiger charge is -2.22. The molecule has 3 rings (SSSR count). The fraction of sp³-hybridized carbons (Fsp3) is 0.278. The van der Waals surface area contributed by atoms with Crippen LogP contribution in [0.25, 0.3) is 11.0 Å². The first-order valence-corrected chi connectivity index (χ1v) is 8.68. The third kappa shape index (κ3) is 3.96. The largest absolute Gasteiger partial charge is 0.461 e. The van der Waals surface area contributed by atoms with Gasteiger partial charge in [0, 0.05) is 23.2 Å². The molecule has 0 saturated heterocycles. The van der Waals surface area contributed by atoms with Crippen LogP contribution < -0.4 is 10.6 Å². The van der Waals surface area contributed by atoms with Crippen LogP contribution in [0.15, 0.2) is 52.3 Å². The number of hydrogen-bond acceptors (Lipinski definition) is 4. The van der Waals surface area contributed by atoms with E-state index in [1.807, 2.05) is 47.8 Å². The Morgan fingerprint density at radius 2 is 2.08 bits per heavy atom. The van der Waals surface area contributed by atoms with E-state index >= 15 is 0 Å². The number of hydrogen-bond donors (Lipinski definition) is 3. The van der Waals surface area contributed by atoms with Crippen LogP contribution in [-0.4, -0.2) is 24.2 Å². The number of aliphatic hydroxyl groups is 1. The summed E-state index contributed by atoms with van der Waals surface area (Å²) in [5, 5.41) is 18.8. The van der Waals surface area contributed by atoms with Crippen molar-refractivity contribution in [3.8, 4) is 0 Å². The lowest BCUT2D eigenvalue weighted by atomic mass is 10.1. The van der Waals surface area contributed by atoms with Crippen LogP contribution in [0.5, 0.6) is 0 Å². The summed E-state index contributed by atoms with van der Waals surface area (Å²) in [6, 6.07) is 13.2. The molecule has 0 saturated carbocycles. The zero-order valence-electron chi connectivity index (χ0n) is 13.4. The minimum atomic E-state index is -1.07. The number of nitrogens with one attached hydrogen (secondary N) is 2. The van der Waals surface area contributed by atoms with Gasteiger partial charge in [0.2, 0.25) is 0 Å². The van der Waals surface area contributed by atoms with Gasteiger partial charge in [-0.3, -0.25) is 0 Å². The van der Waals surface area contributed by atoms with Crippen LogP contribution in [0, 0.1) is 0 Å². The smallest absolute Gasteiger partial charge is 0.314 e. The topological polar surface area (TPSA) is 74.5 Å². The monoisotopic (exact) mass is 344 g/mol. The zero-order valence-corrected chi connectivity index (χ0v) is 14.2. The number of amides is 2. The average Bonchev–Trinajstić information content (AvgIpc) is 3.22. The molecule has 24 heavy (non-hydrogen) atoms. The molecule has 0 aliphatic heterocycles. The van der Waals surface area contributed by atoms with Crippen molar-refractivity contribution in [2.75, 3.05) is 13.1 Å². The Kier molecular flexibility index (Phi) is 4.87. The molecule has 0 aliphatic rings. The lowest BCUT2D eigenvalue weighted by Crippen LogP contribution is -2.43. The molecule has 1 unspecified atom stereocenters. The molecular weight excluding hydrogens is 324 g/mol. The molecule has 2 heterocycles. The summed E-state index contributed by atoms with van der Waals surface area (Å²) in [4.78, 5) is 12.7. The van der Waals surface area contributed by atoms with E-state index in [2.05, 4.69) is 10.6 Å². The van der Waals surface area contributed by atoms with E-state index in [1.54, 1.807) is 6.92 Å². The maximum absolute atomic E-state index is 11.9. The summed E-state index contributed by atoms with van der Waals surface area (Å²) in [6.07, 6.45) is 0.615. The van der Waals surface area contributed by atoms with Crippen molar-refractivity contribution in [2.45, 2.75) is 18.9 Å². The number of furan rings is 1. The number of para-hydroxylation sites is 1. The second-order valence-electron chi connectivity index (χ2n) is 5.86. The number of urea groups is 1. The molecule has 0 bridgehead atoms. The molecule has 2 aromatic heterocycles. The Morgan fingerprint density at radius 3 is 2.83 bits per heavy atom. The predicted octanol–water partition coefficient (Wildman–Crippen LogP) is 3.24. The first-order chi connectivity index (χ1) is 11.5. The minimum Gasteiger partial charge on any atom is -0.461 e. The molecule has 3 N–H and O–H groups in total. The summed E-state index contributed by atoms with van der Waals surface area (Å²) in [7, 11) is 0. The van der Waals surface area contributed by atoms with Crippen LogP contribution in [0.2, 0.25) is 0 Å². The number of carbonyl (C=O) groups excluding carboxylic acids is 1. The minimum absolute atomic E-state index is 0.157. The van der Waals surface area contributed by atoms with Gasteiger partial charge in [0.1, 0.15) is 16.9 Å². The average molecular weight is 344 g/mol. The highest BCUT2D eigenvalue weighted by atomic mass is 32.1. The van der Waals surface area contributed by atoms with Gasteiger partial charge in [-0.25, -0.2) is 4.79 Å². The van der Waals surface area contributed by atoms with Crippen molar-refractivity contribution in [1.29, 1.82) is 0 Å². The highest BCUT2D eigenvalue weighted by molar-refractivity contribution is 7.10. The molecule has 0 fully saturated rings. The maximum Gasteiger partial charge on any atom is 0.314 e. The van der Waals surface area contributed by atoms with E-state index in [1.165, 1.54) is 11.3 Å². The van der Waals surface area contributed by atoms with Crippen molar-refractivity contribution >= 4 is 28.3 Å². The third-order valence-electron chi connectivity index (χ3n) is 3.78. The molecule has 0 aliphatic carbocycles. The maximum atomic E-state index is 11.9. The van der Waals surface area contributed by atoms with Crippen molar-refractivity contribution in [3.05, 3.63) is 58.5 Å². The Morgan fingerprint density at radius 1 is 1.25 bits per heavy atom. The summed E-state index contributed by atoms with van der Waals surface area (Å²) in [5.74, 6) is 0.835. The first-order valence-electron chi connectivity index (χ1n) is 7.80. The second-order valence-corrected chi connectivity index (χ2v) is 6.81. The van der Waals surface area contributed by atoms with Gasteiger partial charge in [-0.05, 0) is 30.5 Å². The first kappa shape index (κ1) is 16.5. The standard InChI is InChI=1S/C18H20N2O3S/c1-18(22,16-7-4-10-24-16)12-20-17(21)19-9-8-14-11-13-5-2-3-6-15(13)23-14/h2-7,10-11,22H,8-9,12H2,1H3,(H2,19,20,21). The van der Waals surface area contributed by atoms with E-state index in [0.29, 0.717) is 13.0 Å². The van der Waals surface area contributed by atoms with Gasteiger partial charge < -0.3 is 20.2 Å². The highest BCUT2D eigenvalue weighted by Gasteiger charge is 2.24. The van der Waals surface area contributed by atoms with E-state index in [-0.39, 0.29) is 12.6 Å². The highest BCUT2D eigenvalue weighted by Crippen LogP contribution is 2.24. The molecule has 1 atom stereocenters. The molecule has 0 radical (unpaired) electrons. The summed E-state index contributed by atoms with van der Waals surface area (Å²) < 4.78 is 5.70. The van der Waals surface area contributed by atoms with Crippen molar-refractivity contribution in [1.82, 2.24) is 10.6 Å². The van der Waals surface area contributed by atoms with Crippen molar-refractivity contribution in [2.24, 2.45) is 0 Å². The predicted molar refractivity (Wildman–Crippen MR) is 95.2 cm³/mol. The second kappa shape index (κ2) is 7.07. The van der Waals surface area contributed by atoms with Crippen LogP contribution in [0.4, 0.5) is 4.79 Å². The fourth-order valence-corrected chi connectivity index (χ4v) is 3.23. The van der Waals surface area contributed by atoms with Gasteiger partial charge in [0.05, 0.1) is 6.54 Å². The quantitative estimate of drug-likeness (QED) is 0.643. The van der Waals surface area contributed by atoms with Crippen LogP contribution in [-0.2, 0) is 12.0 Å². The van der Waals surface area contributed by atoms with Crippen LogP contribution in [0.3, 0.4) is 0 Å². The number of rotatable bonds is 6. The molecule has 126 valence electrons. The van der Waals surface area contributed by atoms with Crippen molar-refractivity contribution in [3.63, 3.8) is 0 Å².